The number of hydrogen-bond donors (Lipinski definition) is 1. The lowest BCUT2D eigenvalue weighted by atomic mass is 9.97. The van der Waals surface area contributed by atoms with Gasteiger partial charge in [0.05, 0.1) is 19.3 Å². The van der Waals surface area contributed by atoms with Gasteiger partial charge in [0.25, 0.3) is 5.91 Å². The quantitative estimate of drug-likeness (QED) is 0.832. The molecular formula is C22H24FN3O4. The molecule has 2 saturated heterocycles. The van der Waals surface area contributed by atoms with Crippen LogP contribution in [-0.4, -0.2) is 62.8 Å². The van der Waals surface area contributed by atoms with Crippen molar-refractivity contribution in [3.8, 4) is 0 Å². The van der Waals surface area contributed by atoms with Gasteiger partial charge in [0.15, 0.2) is 6.10 Å². The predicted molar refractivity (Wildman–Crippen MR) is 110 cm³/mol. The molecule has 2 heterocycles. The van der Waals surface area contributed by atoms with E-state index in [4.69, 9.17) is 9.47 Å². The monoisotopic (exact) mass is 413 g/mol. The van der Waals surface area contributed by atoms with Crippen molar-refractivity contribution >= 4 is 23.2 Å². The van der Waals surface area contributed by atoms with Gasteiger partial charge in [-0.3, -0.25) is 9.59 Å². The second kappa shape index (κ2) is 8.81. The molecule has 7 nitrogen and oxygen atoms in total. The molecule has 2 aromatic carbocycles. The molecule has 0 aliphatic carbocycles. The van der Waals surface area contributed by atoms with Crippen molar-refractivity contribution in [1.29, 1.82) is 0 Å². The highest BCUT2D eigenvalue weighted by atomic mass is 19.1. The molecule has 2 aliphatic heterocycles. The van der Waals surface area contributed by atoms with Crippen LogP contribution >= 0.6 is 0 Å². The van der Waals surface area contributed by atoms with E-state index in [2.05, 4.69) is 10.2 Å². The Morgan fingerprint density at radius 1 is 1.07 bits per heavy atom. The number of amides is 2. The summed E-state index contributed by atoms with van der Waals surface area (Å²) in [5.74, 6) is -0.975. The fourth-order valence-electron chi connectivity index (χ4n) is 3.78. The molecule has 2 amide bonds. The van der Waals surface area contributed by atoms with Gasteiger partial charge in [-0.15, -0.1) is 0 Å². The summed E-state index contributed by atoms with van der Waals surface area (Å²) in [5, 5.41) is 2.87. The topological polar surface area (TPSA) is 71.1 Å². The normalized spacial score (nSPS) is 22.1. The molecule has 8 heteroatoms. The van der Waals surface area contributed by atoms with E-state index in [9.17, 15) is 14.0 Å². The van der Waals surface area contributed by atoms with Gasteiger partial charge in [0.2, 0.25) is 5.91 Å². The van der Waals surface area contributed by atoms with Gasteiger partial charge in [0.1, 0.15) is 12.4 Å². The number of likely N-dealkylation sites (N-methyl/N-ethyl adjacent to an activating group) is 1. The first-order valence-electron chi connectivity index (χ1n) is 9.89. The molecule has 0 radical (unpaired) electrons. The summed E-state index contributed by atoms with van der Waals surface area (Å²) in [6, 6.07) is 12.7. The van der Waals surface area contributed by atoms with Crippen LogP contribution in [-0.2, 0) is 19.1 Å². The van der Waals surface area contributed by atoms with Crippen molar-refractivity contribution in [3.63, 3.8) is 0 Å². The number of ether oxygens (including phenoxy) is 2. The number of halogens is 1. The molecule has 2 aromatic rings. The minimum Gasteiger partial charge on any atom is -0.378 e. The molecule has 30 heavy (non-hydrogen) atoms. The minimum atomic E-state index is -0.905. The third-order valence-corrected chi connectivity index (χ3v) is 5.46. The van der Waals surface area contributed by atoms with Crippen molar-refractivity contribution in [2.24, 2.45) is 0 Å². The fourth-order valence-corrected chi connectivity index (χ4v) is 3.78. The van der Waals surface area contributed by atoms with Gasteiger partial charge in [-0.1, -0.05) is 12.1 Å². The molecule has 2 atom stereocenters. The Morgan fingerprint density at radius 2 is 1.73 bits per heavy atom. The largest absolute Gasteiger partial charge is 0.378 e. The smallest absolute Gasteiger partial charge is 0.256 e. The molecule has 2 aliphatic rings. The lowest BCUT2D eigenvalue weighted by Crippen LogP contribution is -2.51. The predicted octanol–water partition coefficient (Wildman–Crippen LogP) is 2.20. The molecule has 158 valence electrons. The van der Waals surface area contributed by atoms with Crippen LogP contribution in [0, 0.1) is 5.82 Å². The Hall–Kier alpha value is -2.97. The van der Waals surface area contributed by atoms with Crippen LogP contribution in [0.2, 0.25) is 0 Å². The average molecular weight is 413 g/mol. The maximum Gasteiger partial charge on any atom is 0.256 e. The maximum absolute atomic E-state index is 13.3. The summed E-state index contributed by atoms with van der Waals surface area (Å²) < 4.78 is 24.3. The number of nitrogens with zero attached hydrogens (tertiary/aromatic N) is 2. The minimum absolute atomic E-state index is 0.178. The molecule has 0 bridgehead atoms. The first-order valence-corrected chi connectivity index (χ1v) is 9.89. The van der Waals surface area contributed by atoms with E-state index >= 15 is 0 Å². The van der Waals surface area contributed by atoms with E-state index in [-0.39, 0.29) is 24.2 Å². The summed E-state index contributed by atoms with van der Waals surface area (Å²) in [7, 11) is 1.62. The van der Waals surface area contributed by atoms with Crippen LogP contribution in [0.5, 0.6) is 0 Å². The summed E-state index contributed by atoms with van der Waals surface area (Å²) in [6.07, 6.45) is -0.905. The molecule has 1 N–H and O–H groups in total. The molecule has 4 rings (SSSR count). The van der Waals surface area contributed by atoms with Crippen molar-refractivity contribution < 1.29 is 23.5 Å². The standard InChI is InChI=1S/C22H24FN3O4/c1-25-19(27)14-30-21(20(25)15-2-4-16(23)5-3-15)22(28)24-17-6-8-18(9-7-17)26-10-12-29-13-11-26/h2-9,20-21H,10-14H2,1H3,(H,24,28). The number of nitrogens with one attached hydrogen (secondary N) is 1. The molecule has 0 saturated carbocycles. The van der Waals surface area contributed by atoms with Crippen LogP contribution in [0.3, 0.4) is 0 Å². The third kappa shape index (κ3) is 4.29. The van der Waals surface area contributed by atoms with E-state index < -0.39 is 12.1 Å². The highest BCUT2D eigenvalue weighted by molar-refractivity contribution is 5.96. The Bertz CT molecular complexity index is 898. The maximum atomic E-state index is 13.3. The first kappa shape index (κ1) is 20.3. The van der Waals surface area contributed by atoms with Crippen molar-refractivity contribution in [3.05, 3.63) is 59.9 Å². The lowest BCUT2D eigenvalue weighted by Gasteiger charge is -2.38. The van der Waals surface area contributed by atoms with Crippen molar-refractivity contribution in [2.45, 2.75) is 12.1 Å². The number of rotatable bonds is 4. The van der Waals surface area contributed by atoms with Gasteiger partial charge >= 0.3 is 0 Å². The van der Waals surface area contributed by atoms with Crippen LogP contribution in [0.1, 0.15) is 11.6 Å². The SMILES string of the molecule is CN1C(=O)COC(C(=O)Nc2ccc(N3CCOCC3)cc2)C1c1ccc(F)cc1. The van der Waals surface area contributed by atoms with E-state index in [1.165, 1.54) is 17.0 Å². The molecule has 0 aromatic heterocycles. The Kier molecular flexibility index (Phi) is 5.96. The van der Waals surface area contributed by atoms with Crippen molar-refractivity contribution in [1.82, 2.24) is 4.90 Å². The van der Waals surface area contributed by atoms with Gasteiger partial charge < -0.3 is 24.6 Å². The highest BCUT2D eigenvalue weighted by Gasteiger charge is 2.40. The van der Waals surface area contributed by atoms with Gasteiger partial charge in [-0.25, -0.2) is 4.39 Å². The van der Waals surface area contributed by atoms with E-state index in [1.54, 1.807) is 19.2 Å². The van der Waals surface area contributed by atoms with Crippen LogP contribution in [0.4, 0.5) is 15.8 Å². The van der Waals surface area contributed by atoms with Gasteiger partial charge in [-0.2, -0.15) is 0 Å². The van der Waals surface area contributed by atoms with E-state index in [0.29, 0.717) is 24.5 Å². The summed E-state index contributed by atoms with van der Waals surface area (Å²) in [5.41, 5.74) is 2.34. The zero-order chi connectivity index (χ0) is 21.1. The van der Waals surface area contributed by atoms with E-state index in [1.807, 2.05) is 24.3 Å². The van der Waals surface area contributed by atoms with Crippen molar-refractivity contribution in [2.75, 3.05) is 50.2 Å². The Morgan fingerprint density at radius 3 is 2.40 bits per heavy atom. The number of carbonyl (C=O) groups is 2. The molecule has 0 spiro atoms. The van der Waals surface area contributed by atoms with Crippen LogP contribution < -0.4 is 10.2 Å². The average Bonchev–Trinajstić information content (AvgIpc) is 2.77. The number of anilines is 2. The zero-order valence-corrected chi connectivity index (χ0v) is 16.7. The second-order valence-electron chi connectivity index (χ2n) is 7.37. The number of carbonyl (C=O) groups excluding carboxylic acids is 2. The first-order chi connectivity index (χ1) is 14.5. The fraction of sp³-hybridized carbons (Fsp3) is 0.364. The molecule has 2 unspecified atom stereocenters. The lowest BCUT2D eigenvalue weighted by molar-refractivity contribution is -0.160. The summed E-state index contributed by atoms with van der Waals surface area (Å²) in [4.78, 5) is 28.8. The molecular weight excluding hydrogens is 389 g/mol. The highest BCUT2D eigenvalue weighted by Crippen LogP contribution is 2.30. The zero-order valence-electron chi connectivity index (χ0n) is 16.7. The number of hydrogen-bond acceptors (Lipinski definition) is 5. The van der Waals surface area contributed by atoms with Gasteiger partial charge in [0, 0.05) is 31.5 Å². The van der Waals surface area contributed by atoms with Crippen LogP contribution in [0.15, 0.2) is 48.5 Å². The summed E-state index contributed by atoms with van der Waals surface area (Å²) >= 11 is 0. The summed E-state index contributed by atoms with van der Waals surface area (Å²) in [6.45, 7) is 2.90. The Labute approximate surface area is 174 Å². The third-order valence-electron chi connectivity index (χ3n) is 5.46. The number of benzene rings is 2. The van der Waals surface area contributed by atoms with Crippen LogP contribution in [0.25, 0.3) is 0 Å². The second-order valence-corrected chi connectivity index (χ2v) is 7.37. The molecule has 2 fully saturated rings. The number of morpholine rings is 2. The van der Waals surface area contributed by atoms with Gasteiger partial charge in [-0.05, 0) is 42.0 Å². The Balaban J connectivity index is 1.49. The van der Waals surface area contributed by atoms with E-state index in [0.717, 1.165) is 18.8 Å².